The summed E-state index contributed by atoms with van der Waals surface area (Å²) in [6, 6.07) is 0.336. The van der Waals surface area contributed by atoms with E-state index >= 15 is 0 Å². The zero-order chi connectivity index (χ0) is 18.6. The van der Waals surface area contributed by atoms with Crippen molar-refractivity contribution in [2.24, 2.45) is 4.99 Å². The number of carbonyl (C=O) groups is 2. The molecule has 0 bridgehead atoms. The Labute approximate surface area is 155 Å². The molecule has 0 aliphatic heterocycles. The first-order chi connectivity index (χ1) is 11.1. The fourth-order valence-electron chi connectivity index (χ4n) is 1.94. The Hall–Kier alpha value is -1.50. The van der Waals surface area contributed by atoms with Gasteiger partial charge >= 0.3 is 5.97 Å². The summed E-state index contributed by atoms with van der Waals surface area (Å²) in [5.41, 5.74) is 0.169. The standard InChI is InChI=1S/C15H18Cl3N3O3/c1-5-21(8(2)15(23)24)14(22)11-9(16)6-10(17)13(12(11)18)19-7-20(3)4/h6-8H,5H2,1-4H3,(H,23,24). The van der Waals surface area contributed by atoms with Crippen molar-refractivity contribution in [2.45, 2.75) is 19.9 Å². The highest BCUT2D eigenvalue weighted by molar-refractivity contribution is 6.45. The summed E-state index contributed by atoms with van der Waals surface area (Å²) in [6.07, 6.45) is 1.48. The first-order valence-corrected chi connectivity index (χ1v) is 8.17. The zero-order valence-electron chi connectivity index (χ0n) is 13.7. The van der Waals surface area contributed by atoms with E-state index in [0.29, 0.717) is 0 Å². The van der Waals surface area contributed by atoms with Gasteiger partial charge < -0.3 is 14.9 Å². The van der Waals surface area contributed by atoms with Gasteiger partial charge in [0.25, 0.3) is 5.91 Å². The van der Waals surface area contributed by atoms with E-state index in [9.17, 15) is 9.59 Å². The van der Waals surface area contributed by atoms with E-state index in [1.54, 1.807) is 25.9 Å². The summed E-state index contributed by atoms with van der Waals surface area (Å²) in [7, 11) is 3.53. The average Bonchev–Trinajstić information content (AvgIpc) is 2.46. The van der Waals surface area contributed by atoms with E-state index in [-0.39, 0.29) is 32.9 Å². The molecule has 0 heterocycles. The molecule has 1 amide bonds. The minimum absolute atomic E-state index is 0.0216. The Balaban J connectivity index is 3.45. The predicted molar refractivity (Wildman–Crippen MR) is 97.1 cm³/mol. The fraction of sp³-hybridized carbons (Fsp3) is 0.400. The highest BCUT2D eigenvalue weighted by atomic mass is 35.5. The van der Waals surface area contributed by atoms with Crippen molar-refractivity contribution in [3.8, 4) is 0 Å². The van der Waals surface area contributed by atoms with Gasteiger partial charge in [0.1, 0.15) is 11.7 Å². The molecule has 9 heteroatoms. The maximum Gasteiger partial charge on any atom is 0.326 e. The van der Waals surface area contributed by atoms with Crippen LogP contribution in [0.2, 0.25) is 15.1 Å². The first-order valence-electron chi connectivity index (χ1n) is 7.03. The summed E-state index contributed by atoms with van der Waals surface area (Å²) >= 11 is 18.5. The third-order valence-electron chi connectivity index (χ3n) is 3.20. The van der Waals surface area contributed by atoms with Gasteiger partial charge in [0.15, 0.2) is 0 Å². The third kappa shape index (κ3) is 4.53. The molecule has 1 N–H and O–H groups in total. The van der Waals surface area contributed by atoms with Crippen LogP contribution in [-0.2, 0) is 4.79 Å². The van der Waals surface area contributed by atoms with Crippen molar-refractivity contribution >= 4 is 58.7 Å². The van der Waals surface area contributed by atoms with E-state index in [1.807, 2.05) is 0 Å². The maximum atomic E-state index is 12.8. The van der Waals surface area contributed by atoms with Crippen LogP contribution in [0.3, 0.4) is 0 Å². The number of carboxylic acids is 1. The number of carboxylic acid groups (broad SMARTS) is 1. The van der Waals surface area contributed by atoms with Gasteiger partial charge in [-0.05, 0) is 19.9 Å². The van der Waals surface area contributed by atoms with Crippen LogP contribution in [0.4, 0.5) is 5.69 Å². The van der Waals surface area contributed by atoms with Gasteiger partial charge in [0.05, 0.1) is 27.0 Å². The van der Waals surface area contributed by atoms with Crippen molar-refractivity contribution in [1.82, 2.24) is 9.80 Å². The molecule has 24 heavy (non-hydrogen) atoms. The molecule has 0 saturated heterocycles. The summed E-state index contributed by atoms with van der Waals surface area (Å²) in [4.78, 5) is 30.9. The van der Waals surface area contributed by atoms with Crippen molar-refractivity contribution in [1.29, 1.82) is 0 Å². The van der Waals surface area contributed by atoms with Crippen molar-refractivity contribution in [2.75, 3.05) is 20.6 Å². The Kier molecular flexibility index (Phi) is 7.32. The monoisotopic (exact) mass is 393 g/mol. The number of hydrogen-bond acceptors (Lipinski definition) is 3. The van der Waals surface area contributed by atoms with E-state index in [2.05, 4.69) is 4.99 Å². The molecule has 1 aromatic rings. The minimum atomic E-state index is -1.13. The highest BCUT2D eigenvalue weighted by Gasteiger charge is 2.29. The van der Waals surface area contributed by atoms with Crippen LogP contribution in [0.1, 0.15) is 24.2 Å². The van der Waals surface area contributed by atoms with Crippen molar-refractivity contribution in [3.63, 3.8) is 0 Å². The second-order valence-corrected chi connectivity index (χ2v) is 6.38. The number of amides is 1. The summed E-state index contributed by atoms with van der Waals surface area (Å²) in [5.74, 6) is -1.72. The van der Waals surface area contributed by atoms with Crippen molar-refractivity contribution in [3.05, 3.63) is 26.7 Å². The van der Waals surface area contributed by atoms with E-state index in [0.717, 1.165) is 4.90 Å². The number of hydrogen-bond donors (Lipinski definition) is 1. The van der Waals surface area contributed by atoms with Gasteiger partial charge in [-0.1, -0.05) is 34.8 Å². The number of nitrogens with zero attached hydrogens (tertiary/aromatic N) is 3. The second kappa shape index (κ2) is 8.55. The number of benzene rings is 1. The molecule has 0 fully saturated rings. The van der Waals surface area contributed by atoms with Crippen LogP contribution in [-0.4, -0.2) is 59.8 Å². The Morgan fingerprint density at radius 1 is 1.29 bits per heavy atom. The Morgan fingerprint density at radius 2 is 1.88 bits per heavy atom. The molecule has 1 atom stereocenters. The molecule has 0 radical (unpaired) electrons. The molecule has 0 aromatic heterocycles. The predicted octanol–water partition coefficient (Wildman–Crippen LogP) is 3.80. The summed E-state index contributed by atoms with van der Waals surface area (Å²) < 4.78 is 0. The van der Waals surface area contributed by atoms with Crippen LogP contribution in [0, 0.1) is 0 Å². The molecular formula is C15H18Cl3N3O3. The van der Waals surface area contributed by atoms with Gasteiger partial charge in [-0.3, -0.25) is 4.79 Å². The lowest BCUT2D eigenvalue weighted by Gasteiger charge is -2.26. The molecular weight excluding hydrogens is 377 g/mol. The molecule has 132 valence electrons. The van der Waals surface area contributed by atoms with Gasteiger partial charge in [-0.25, -0.2) is 9.79 Å². The number of likely N-dealkylation sites (N-methyl/N-ethyl adjacent to an activating group) is 1. The van der Waals surface area contributed by atoms with Crippen LogP contribution in [0.15, 0.2) is 11.1 Å². The average molecular weight is 395 g/mol. The first kappa shape index (κ1) is 20.5. The Bertz CT molecular complexity index is 678. The SMILES string of the molecule is CCN(C(=O)c1c(Cl)cc(Cl)c(N=CN(C)C)c1Cl)C(C)C(=O)O. The van der Waals surface area contributed by atoms with E-state index in [1.165, 1.54) is 19.3 Å². The normalized spacial score (nSPS) is 12.3. The summed E-state index contributed by atoms with van der Waals surface area (Å²) in [6.45, 7) is 3.25. The lowest BCUT2D eigenvalue weighted by molar-refractivity contribution is -0.141. The number of carbonyl (C=O) groups excluding carboxylic acids is 1. The second-order valence-electron chi connectivity index (χ2n) is 5.19. The number of aliphatic imine (C=N–C) groups is 1. The number of aliphatic carboxylic acids is 1. The highest BCUT2D eigenvalue weighted by Crippen LogP contribution is 2.40. The lowest BCUT2D eigenvalue weighted by Crippen LogP contribution is -2.43. The van der Waals surface area contributed by atoms with E-state index in [4.69, 9.17) is 39.9 Å². The van der Waals surface area contributed by atoms with E-state index < -0.39 is 17.9 Å². The quantitative estimate of drug-likeness (QED) is 0.588. The number of rotatable bonds is 6. The molecule has 6 nitrogen and oxygen atoms in total. The smallest absolute Gasteiger partial charge is 0.326 e. The molecule has 1 rings (SSSR count). The van der Waals surface area contributed by atoms with Gasteiger partial charge in [-0.15, -0.1) is 0 Å². The van der Waals surface area contributed by atoms with Gasteiger partial charge in [-0.2, -0.15) is 0 Å². The lowest BCUT2D eigenvalue weighted by atomic mass is 10.1. The fourth-order valence-corrected chi connectivity index (χ4v) is 2.96. The maximum absolute atomic E-state index is 12.8. The van der Waals surface area contributed by atoms with Gasteiger partial charge in [0, 0.05) is 20.6 Å². The van der Waals surface area contributed by atoms with Gasteiger partial charge in [0.2, 0.25) is 0 Å². The van der Waals surface area contributed by atoms with Crippen LogP contribution in [0.5, 0.6) is 0 Å². The van der Waals surface area contributed by atoms with Crippen molar-refractivity contribution < 1.29 is 14.7 Å². The molecule has 0 aliphatic rings. The molecule has 0 saturated carbocycles. The summed E-state index contributed by atoms with van der Waals surface area (Å²) in [5, 5.41) is 9.36. The molecule has 1 aromatic carbocycles. The third-order valence-corrected chi connectivity index (χ3v) is 4.16. The molecule has 0 aliphatic carbocycles. The van der Waals surface area contributed by atoms with Crippen LogP contribution in [0.25, 0.3) is 0 Å². The topological polar surface area (TPSA) is 73.2 Å². The van der Waals surface area contributed by atoms with Crippen LogP contribution < -0.4 is 0 Å². The Morgan fingerprint density at radius 3 is 2.33 bits per heavy atom. The zero-order valence-corrected chi connectivity index (χ0v) is 15.9. The van der Waals surface area contributed by atoms with Crippen LogP contribution >= 0.6 is 34.8 Å². The minimum Gasteiger partial charge on any atom is -0.480 e. The largest absolute Gasteiger partial charge is 0.480 e. The molecule has 0 spiro atoms. The number of halogens is 3. The molecule has 1 unspecified atom stereocenters.